The highest BCUT2D eigenvalue weighted by Gasteiger charge is 2.12. The van der Waals surface area contributed by atoms with Crippen molar-refractivity contribution in [3.63, 3.8) is 0 Å². The lowest BCUT2D eigenvalue weighted by molar-refractivity contribution is 0.0965. The van der Waals surface area contributed by atoms with Gasteiger partial charge in [0.25, 0.3) is 5.62 Å². The summed E-state index contributed by atoms with van der Waals surface area (Å²) in [6, 6.07) is 0. The van der Waals surface area contributed by atoms with Gasteiger partial charge in [0.15, 0.2) is 17.0 Å². The Morgan fingerprint density at radius 3 is 2.31 bits per heavy atom. The van der Waals surface area contributed by atoms with Crippen LogP contribution in [0.5, 0.6) is 0 Å². The third-order valence-electron chi connectivity index (χ3n) is 1.40. The predicted molar refractivity (Wildman–Crippen MR) is 38.4 cm³/mol. The number of nitrogens with two attached hydrogens (primary N) is 1. The van der Waals surface area contributed by atoms with Gasteiger partial charge in [-0.15, -0.1) is 14.4 Å². The number of hydrogen-bond donors (Lipinski definition) is 5. The summed E-state index contributed by atoms with van der Waals surface area (Å²) < 4.78 is 0.00185. The van der Waals surface area contributed by atoms with Crippen molar-refractivity contribution in [2.75, 3.05) is 5.73 Å². The standard InChI is InChI=1S/C4H6N6O3/c5-2-1(8-11)3(6)10(13)4(7)9(2)12/h5,7,12-13H,6H2. The minimum absolute atomic E-state index is 0.0346. The van der Waals surface area contributed by atoms with Crippen LogP contribution in [-0.2, 0) is 0 Å². The van der Waals surface area contributed by atoms with E-state index in [0.29, 0.717) is 0 Å². The molecule has 0 spiro atoms. The molecule has 0 bridgehead atoms. The molecule has 0 aliphatic heterocycles. The maximum atomic E-state index is 10.1. The minimum atomic E-state index is -0.852. The summed E-state index contributed by atoms with van der Waals surface area (Å²) in [5, 5.41) is 34.3. The fourth-order valence-electron chi connectivity index (χ4n) is 0.722. The van der Waals surface area contributed by atoms with Gasteiger partial charge >= 0.3 is 0 Å². The van der Waals surface area contributed by atoms with Gasteiger partial charge in [-0.2, -0.15) is 0 Å². The molecule has 1 rings (SSSR count). The molecule has 6 N–H and O–H groups in total. The van der Waals surface area contributed by atoms with Crippen LogP contribution in [0.15, 0.2) is 5.18 Å². The third-order valence-corrected chi connectivity index (χ3v) is 1.40. The quantitative estimate of drug-likeness (QED) is 0.273. The second-order valence-corrected chi connectivity index (χ2v) is 2.12. The number of rotatable bonds is 1. The van der Waals surface area contributed by atoms with Gasteiger partial charge in [-0.25, -0.2) is 0 Å². The van der Waals surface area contributed by atoms with Crippen molar-refractivity contribution < 1.29 is 10.4 Å². The van der Waals surface area contributed by atoms with Crippen LogP contribution in [-0.4, -0.2) is 19.9 Å². The first-order valence-electron chi connectivity index (χ1n) is 2.99. The Morgan fingerprint density at radius 2 is 1.85 bits per heavy atom. The van der Waals surface area contributed by atoms with Crippen molar-refractivity contribution in [2.45, 2.75) is 0 Å². The van der Waals surface area contributed by atoms with Crippen LogP contribution in [0.3, 0.4) is 0 Å². The SMILES string of the molecule is N=c1c(N=O)c(N)n(O)c(=N)n1O. The molecule has 9 nitrogen and oxygen atoms in total. The zero-order valence-electron chi connectivity index (χ0n) is 6.22. The van der Waals surface area contributed by atoms with Crippen molar-refractivity contribution in [1.29, 1.82) is 10.8 Å². The highest BCUT2D eigenvalue weighted by atomic mass is 16.5. The summed E-state index contributed by atoms with van der Waals surface area (Å²) in [6.45, 7) is 0. The highest BCUT2D eigenvalue weighted by molar-refractivity contribution is 5.54. The molecule has 70 valence electrons. The normalized spacial score (nSPS) is 9.85. The van der Waals surface area contributed by atoms with Gasteiger partial charge in [-0.1, -0.05) is 0 Å². The monoisotopic (exact) mass is 186 g/mol. The van der Waals surface area contributed by atoms with E-state index in [2.05, 4.69) is 5.18 Å². The van der Waals surface area contributed by atoms with Crippen molar-refractivity contribution in [3.05, 3.63) is 16.0 Å². The number of aromatic nitrogens is 2. The minimum Gasteiger partial charge on any atom is -0.423 e. The topological polar surface area (TPSA) is 153 Å². The van der Waals surface area contributed by atoms with Crippen molar-refractivity contribution in [2.24, 2.45) is 5.18 Å². The Kier molecular flexibility index (Phi) is 1.77. The van der Waals surface area contributed by atoms with Gasteiger partial charge in [0.2, 0.25) is 0 Å². The molecule has 0 aliphatic rings. The molecule has 0 radical (unpaired) electrons. The van der Waals surface area contributed by atoms with E-state index >= 15 is 0 Å². The molecular weight excluding hydrogens is 180 g/mol. The van der Waals surface area contributed by atoms with Crippen LogP contribution in [0, 0.1) is 15.7 Å². The van der Waals surface area contributed by atoms with Gasteiger partial charge in [0.1, 0.15) is 0 Å². The zero-order valence-corrected chi connectivity index (χ0v) is 6.22. The maximum Gasteiger partial charge on any atom is 0.273 e. The molecular formula is C4H6N6O3. The van der Waals surface area contributed by atoms with E-state index in [1.165, 1.54) is 0 Å². The average Bonchev–Trinajstić information content (AvgIpc) is 2.13. The summed E-state index contributed by atoms with van der Waals surface area (Å²) in [5.74, 6) is -0.574. The van der Waals surface area contributed by atoms with Gasteiger partial charge < -0.3 is 16.1 Å². The van der Waals surface area contributed by atoms with Crippen LogP contribution < -0.4 is 16.8 Å². The Hall–Kier alpha value is -2.32. The number of nitroso groups, excluding NO2 is 1. The largest absolute Gasteiger partial charge is 0.423 e. The van der Waals surface area contributed by atoms with E-state index < -0.39 is 22.6 Å². The summed E-state index contributed by atoms with van der Waals surface area (Å²) in [5.41, 5.74) is 2.87. The highest BCUT2D eigenvalue weighted by Crippen LogP contribution is 2.11. The van der Waals surface area contributed by atoms with Crippen molar-refractivity contribution >= 4 is 11.5 Å². The number of nitrogen functional groups attached to an aromatic ring is 1. The molecule has 0 saturated carbocycles. The van der Waals surface area contributed by atoms with E-state index in [1.807, 2.05) is 0 Å². The van der Waals surface area contributed by atoms with Crippen LogP contribution in [0.4, 0.5) is 11.5 Å². The lowest BCUT2D eigenvalue weighted by Gasteiger charge is -2.06. The van der Waals surface area contributed by atoms with Gasteiger partial charge in [0, 0.05) is 0 Å². The Labute approximate surface area is 70.2 Å². The predicted octanol–water partition coefficient (Wildman–Crippen LogP) is -1.30. The second-order valence-electron chi connectivity index (χ2n) is 2.12. The van der Waals surface area contributed by atoms with Crippen molar-refractivity contribution in [3.8, 4) is 0 Å². The van der Waals surface area contributed by atoms with Crippen molar-refractivity contribution in [1.82, 2.24) is 9.46 Å². The number of hydrogen-bond acceptors (Lipinski definition) is 7. The van der Waals surface area contributed by atoms with E-state index in [9.17, 15) is 4.91 Å². The van der Waals surface area contributed by atoms with Crippen LogP contribution in [0.1, 0.15) is 0 Å². The fourth-order valence-corrected chi connectivity index (χ4v) is 0.722. The van der Waals surface area contributed by atoms with E-state index in [0.717, 1.165) is 0 Å². The van der Waals surface area contributed by atoms with E-state index in [-0.39, 0.29) is 9.46 Å². The molecule has 0 saturated heterocycles. The zero-order chi connectivity index (χ0) is 10.2. The van der Waals surface area contributed by atoms with E-state index in [4.69, 9.17) is 27.0 Å². The van der Waals surface area contributed by atoms with Crippen LogP contribution in [0.25, 0.3) is 0 Å². The maximum absolute atomic E-state index is 10.1. The Balaban J connectivity index is 3.88. The van der Waals surface area contributed by atoms with Crippen LogP contribution in [0.2, 0.25) is 0 Å². The first-order chi connectivity index (χ1) is 6.00. The lowest BCUT2D eigenvalue weighted by Crippen LogP contribution is -2.39. The molecule has 0 amide bonds. The van der Waals surface area contributed by atoms with Gasteiger partial charge in [-0.3, -0.25) is 10.8 Å². The van der Waals surface area contributed by atoms with Gasteiger partial charge in [-0.05, 0) is 5.18 Å². The fraction of sp³-hybridized carbons (Fsp3) is 0. The molecule has 9 heteroatoms. The molecule has 0 atom stereocenters. The molecule has 13 heavy (non-hydrogen) atoms. The third kappa shape index (κ3) is 1.02. The van der Waals surface area contributed by atoms with Gasteiger partial charge in [0.05, 0.1) is 0 Å². The number of nitrogens with one attached hydrogen (secondary N) is 2. The molecule has 0 fully saturated rings. The smallest absolute Gasteiger partial charge is 0.273 e. The number of anilines is 1. The summed E-state index contributed by atoms with van der Waals surface area (Å²) in [4.78, 5) is 10.1. The molecule has 0 unspecified atom stereocenters. The molecule has 0 aliphatic carbocycles. The summed E-state index contributed by atoms with van der Waals surface area (Å²) >= 11 is 0. The Bertz CT molecular complexity index is 470. The second kappa shape index (κ2) is 2.62. The average molecular weight is 186 g/mol. The first kappa shape index (κ1) is 8.77. The summed E-state index contributed by atoms with van der Waals surface area (Å²) in [7, 11) is 0. The van der Waals surface area contributed by atoms with Crippen LogP contribution >= 0.6 is 0 Å². The molecule has 1 heterocycles. The summed E-state index contributed by atoms with van der Waals surface area (Å²) in [6.07, 6.45) is 0. The Morgan fingerprint density at radius 1 is 1.31 bits per heavy atom. The number of nitrogens with zero attached hydrogens (tertiary/aromatic N) is 3. The van der Waals surface area contributed by atoms with E-state index in [1.54, 1.807) is 0 Å². The first-order valence-corrected chi connectivity index (χ1v) is 2.99. The lowest BCUT2D eigenvalue weighted by atomic mass is 10.5. The molecule has 1 aromatic heterocycles. The molecule has 1 aromatic rings. The molecule has 0 aromatic carbocycles.